The highest BCUT2D eigenvalue weighted by atomic mass is 15.0. The average molecular weight is 771 g/mol. The predicted molar refractivity (Wildman–Crippen MR) is 238 cm³/mol. The van der Waals surface area contributed by atoms with Gasteiger partial charge in [0.1, 0.15) is 0 Å². The van der Waals surface area contributed by atoms with Crippen LogP contribution < -0.4 is 0 Å². The topological polar surface area (TPSA) is 103 Å². The standard InChI is InChI=1S/C52H34N8/c1-6-16-35(17-7-1)42-31-47(43-27-26-41(34-54-43)52-59-50(38-22-12-4-13-23-38)58-51(60-52)39-24-14-5-15-25-39)55-48(32-42)46-30-40(28-29-53-46)45-33-44(36-18-8-2-9-19-36)56-49(57-45)37-20-10-3-11-21-37/h1-34H. The number of pyridine rings is 3. The van der Waals surface area contributed by atoms with Crippen molar-refractivity contribution >= 4 is 0 Å². The molecule has 0 saturated carbocycles. The van der Waals surface area contributed by atoms with Crippen LogP contribution in [0.5, 0.6) is 0 Å². The molecular formula is C52H34N8. The van der Waals surface area contributed by atoms with Gasteiger partial charge in [0.2, 0.25) is 0 Å². The van der Waals surface area contributed by atoms with Crippen molar-refractivity contribution in [2.24, 2.45) is 0 Å². The first-order chi connectivity index (χ1) is 29.7. The van der Waals surface area contributed by atoms with Crippen molar-refractivity contribution in [2.45, 2.75) is 0 Å². The zero-order chi connectivity index (χ0) is 40.1. The lowest BCUT2D eigenvalue weighted by Gasteiger charge is -2.12. The summed E-state index contributed by atoms with van der Waals surface area (Å²) in [5.41, 5.74) is 11.9. The van der Waals surface area contributed by atoms with Gasteiger partial charge in [-0.15, -0.1) is 0 Å². The molecule has 5 heterocycles. The molecule has 10 rings (SSSR count). The lowest BCUT2D eigenvalue weighted by Crippen LogP contribution is -2.00. The molecule has 5 aromatic heterocycles. The largest absolute Gasteiger partial charge is 0.255 e. The van der Waals surface area contributed by atoms with E-state index in [1.165, 1.54) is 0 Å². The van der Waals surface area contributed by atoms with Crippen LogP contribution in [0.4, 0.5) is 0 Å². The minimum Gasteiger partial charge on any atom is -0.255 e. The highest BCUT2D eigenvalue weighted by Crippen LogP contribution is 2.33. The minimum absolute atomic E-state index is 0.532. The summed E-state index contributed by atoms with van der Waals surface area (Å²) in [6, 6.07) is 64.5. The number of hydrogen-bond donors (Lipinski definition) is 0. The highest BCUT2D eigenvalue weighted by molar-refractivity contribution is 5.78. The van der Waals surface area contributed by atoms with E-state index in [0.29, 0.717) is 46.1 Å². The monoisotopic (exact) mass is 770 g/mol. The second kappa shape index (κ2) is 16.2. The molecule has 0 aliphatic rings. The molecule has 0 bridgehead atoms. The van der Waals surface area contributed by atoms with E-state index in [9.17, 15) is 0 Å². The molecule has 8 nitrogen and oxygen atoms in total. The van der Waals surface area contributed by atoms with E-state index in [0.717, 1.165) is 55.9 Å². The van der Waals surface area contributed by atoms with Crippen molar-refractivity contribution in [1.82, 2.24) is 39.9 Å². The van der Waals surface area contributed by atoms with Gasteiger partial charge in [-0.1, -0.05) is 152 Å². The van der Waals surface area contributed by atoms with E-state index in [2.05, 4.69) is 36.4 Å². The summed E-state index contributed by atoms with van der Waals surface area (Å²) in [7, 11) is 0. The maximum atomic E-state index is 5.18. The lowest BCUT2D eigenvalue weighted by molar-refractivity contribution is 1.07. The molecule has 8 heteroatoms. The Hall–Kier alpha value is -8.36. The van der Waals surface area contributed by atoms with Crippen LogP contribution in [-0.4, -0.2) is 39.9 Å². The summed E-state index contributed by atoms with van der Waals surface area (Å²) < 4.78 is 0. The van der Waals surface area contributed by atoms with E-state index < -0.39 is 0 Å². The van der Waals surface area contributed by atoms with Gasteiger partial charge in [-0.3, -0.25) is 9.97 Å². The SMILES string of the molecule is c1ccc(-c2cc(-c3ccc(-c4nc(-c5ccccc5)nc(-c5ccccc5)n4)cn3)nc(-c3cc(-c4cc(-c5ccccc5)nc(-c5ccccc5)n4)ccn3)c2)cc1. The normalized spacial score (nSPS) is 11.0. The van der Waals surface area contributed by atoms with E-state index in [1.54, 1.807) is 6.20 Å². The fraction of sp³-hybridized carbons (Fsp3) is 0. The molecule has 0 aliphatic heterocycles. The quantitative estimate of drug-likeness (QED) is 0.143. The van der Waals surface area contributed by atoms with E-state index in [4.69, 9.17) is 39.9 Å². The first-order valence-corrected chi connectivity index (χ1v) is 19.6. The third-order valence-electron chi connectivity index (χ3n) is 10.1. The van der Waals surface area contributed by atoms with Crippen LogP contribution in [0.2, 0.25) is 0 Å². The smallest absolute Gasteiger partial charge is 0.165 e. The molecule has 0 aliphatic carbocycles. The molecule has 10 aromatic rings. The van der Waals surface area contributed by atoms with Gasteiger partial charge < -0.3 is 0 Å². The van der Waals surface area contributed by atoms with Gasteiger partial charge >= 0.3 is 0 Å². The Labute approximate surface area is 347 Å². The minimum atomic E-state index is 0.532. The van der Waals surface area contributed by atoms with Gasteiger partial charge in [-0.2, -0.15) is 0 Å². The molecule has 5 aromatic carbocycles. The zero-order valence-corrected chi connectivity index (χ0v) is 32.2. The number of nitrogens with zero attached hydrogens (tertiary/aromatic N) is 8. The molecular weight excluding hydrogens is 737 g/mol. The molecule has 282 valence electrons. The number of benzene rings is 5. The van der Waals surface area contributed by atoms with E-state index in [-0.39, 0.29) is 0 Å². The Bertz CT molecular complexity index is 2940. The van der Waals surface area contributed by atoms with Gasteiger partial charge in [-0.05, 0) is 53.6 Å². The Balaban J connectivity index is 1.05. The first-order valence-electron chi connectivity index (χ1n) is 19.6. The van der Waals surface area contributed by atoms with Crippen LogP contribution in [0, 0.1) is 0 Å². The molecule has 0 amide bonds. The van der Waals surface area contributed by atoms with Crippen LogP contribution >= 0.6 is 0 Å². The van der Waals surface area contributed by atoms with Crippen molar-refractivity contribution in [3.63, 3.8) is 0 Å². The maximum absolute atomic E-state index is 5.18. The molecule has 0 radical (unpaired) electrons. The van der Waals surface area contributed by atoms with Crippen molar-refractivity contribution in [2.75, 3.05) is 0 Å². The Morgan fingerprint density at radius 3 is 1.17 bits per heavy atom. The molecule has 60 heavy (non-hydrogen) atoms. The summed E-state index contributed by atoms with van der Waals surface area (Å²) in [6.07, 6.45) is 3.61. The van der Waals surface area contributed by atoms with Crippen LogP contribution in [0.1, 0.15) is 0 Å². The molecule has 0 saturated heterocycles. The summed E-state index contributed by atoms with van der Waals surface area (Å²) >= 11 is 0. The Morgan fingerprint density at radius 2 is 0.650 bits per heavy atom. The molecule has 0 unspecified atom stereocenters. The van der Waals surface area contributed by atoms with Crippen molar-refractivity contribution < 1.29 is 0 Å². The summed E-state index contributed by atoms with van der Waals surface area (Å²) in [6.45, 7) is 0. The molecule has 0 atom stereocenters. The maximum Gasteiger partial charge on any atom is 0.165 e. The third kappa shape index (κ3) is 7.68. The molecule has 0 N–H and O–H groups in total. The molecule has 0 spiro atoms. The fourth-order valence-corrected chi connectivity index (χ4v) is 7.00. The average Bonchev–Trinajstić information content (AvgIpc) is 3.35. The van der Waals surface area contributed by atoms with Crippen LogP contribution in [-0.2, 0) is 0 Å². The lowest BCUT2D eigenvalue weighted by atomic mass is 10.0. The second-order valence-corrected chi connectivity index (χ2v) is 14.1. The van der Waals surface area contributed by atoms with Crippen LogP contribution in [0.15, 0.2) is 207 Å². The Morgan fingerprint density at radius 1 is 0.217 bits per heavy atom. The van der Waals surface area contributed by atoms with Crippen molar-refractivity contribution in [3.05, 3.63) is 207 Å². The Kier molecular flexibility index (Phi) is 9.75. The van der Waals surface area contributed by atoms with E-state index in [1.807, 2.05) is 164 Å². The fourth-order valence-electron chi connectivity index (χ4n) is 7.00. The van der Waals surface area contributed by atoms with Gasteiger partial charge in [0.05, 0.1) is 34.2 Å². The number of hydrogen-bond acceptors (Lipinski definition) is 8. The van der Waals surface area contributed by atoms with Gasteiger partial charge in [0.25, 0.3) is 0 Å². The summed E-state index contributed by atoms with van der Waals surface area (Å²) in [4.78, 5) is 39.6. The third-order valence-corrected chi connectivity index (χ3v) is 10.1. The summed E-state index contributed by atoms with van der Waals surface area (Å²) in [5.74, 6) is 2.37. The second-order valence-electron chi connectivity index (χ2n) is 14.1. The first kappa shape index (κ1) is 36.0. The van der Waals surface area contributed by atoms with Gasteiger partial charge in [-0.25, -0.2) is 29.9 Å². The molecule has 0 fully saturated rings. The number of aromatic nitrogens is 8. The van der Waals surface area contributed by atoms with Crippen molar-refractivity contribution in [3.8, 4) is 102 Å². The zero-order valence-electron chi connectivity index (χ0n) is 32.2. The number of rotatable bonds is 9. The van der Waals surface area contributed by atoms with Crippen LogP contribution in [0.25, 0.3) is 102 Å². The van der Waals surface area contributed by atoms with E-state index >= 15 is 0 Å². The van der Waals surface area contributed by atoms with Gasteiger partial charge in [0, 0.05) is 45.8 Å². The summed E-state index contributed by atoms with van der Waals surface area (Å²) in [5, 5.41) is 0. The highest BCUT2D eigenvalue weighted by Gasteiger charge is 2.16. The van der Waals surface area contributed by atoms with Gasteiger partial charge in [0.15, 0.2) is 23.3 Å². The predicted octanol–water partition coefficient (Wildman–Crippen LogP) is 11.8. The van der Waals surface area contributed by atoms with Crippen LogP contribution in [0.3, 0.4) is 0 Å². The van der Waals surface area contributed by atoms with Crippen molar-refractivity contribution in [1.29, 1.82) is 0 Å².